The van der Waals surface area contributed by atoms with E-state index in [1.165, 1.54) is 6.92 Å². The monoisotopic (exact) mass is 310 g/mol. The van der Waals surface area contributed by atoms with E-state index in [1.807, 2.05) is 0 Å². The lowest BCUT2D eigenvalue weighted by Gasteiger charge is -2.21. The van der Waals surface area contributed by atoms with Gasteiger partial charge in [-0.25, -0.2) is 4.39 Å². The maximum Gasteiger partial charge on any atom is 0.419 e. The fraction of sp³-hybridized carbons (Fsp3) is 0.462. The summed E-state index contributed by atoms with van der Waals surface area (Å²) in [5.74, 6) is -2.45. The molecule has 0 heterocycles. The minimum Gasteiger partial charge on any atom is -0.466 e. The molecule has 1 rings (SSSR count). The Labute approximate surface area is 118 Å². The lowest BCUT2D eigenvalue weighted by molar-refractivity contribution is -0.147. The first-order chi connectivity index (χ1) is 9.68. The topological polar surface area (TPSA) is 66.8 Å². The Kier molecular flexibility index (Phi) is 5.68. The van der Waals surface area contributed by atoms with Crippen LogP contribution in [0.2, 0.25) is 0 Å². The van der Waals surface area contributed by atoms with E-state index in [9.17, 15) is 32.6 Å². The van der Waals surface area contributed by atoms with Crippen LogP contribution in [0.15, 0.2) is 18.2 Å². The van der Waals surface area contributed by atoms with E-state index in [1.54, 1.807) is 0 Å². The Morgan fingerprint density at radius 3 is 2.48 bits per heavy atom. The van der Waals surface area contributed by atoms with E-state index < -0.39 is 47.7 Å². The second-order valence-electron chi connectivity index (χ2n) is 4.22. The van der Waals surface area contributed by atoms with Gasteiger partial charge in [0.25, 0.3) is 0 Å². The molecule has 0 aliphatic heterocycles. The highest BCUT2D eigenvalue weighted by Crippen LogP contribution is 2.37. The summed E-state index contributed by atoms with van der Waals surface area (Å²) in [4.78, 5) is 11.1. The second-order valence-corrected chi connectivity index (χ2v) is 4.22. The molecule has 0 aromatic heterocycles. The molecule has 1 aromatic carbocycles. The van der Waals surface area contributed by atoms with Gasteiger partial charge in [-0.15, -0.1) is 0 Å². The van der Waals surface area contributed by atoms with Crippen molar-refractivity contribution < 1.29 is 37.3 Å². The molecule has 0 aliphatic rings. The average molecular weight is 310 g/mol. The summed E-state index contributed by atoms with van der Waals surface area (Å²) in [6.45, 7) is 1.53. The fourth-order valence-electron chi connectivity index (χ4n) is 1.80. The molecule has 0 saturated carbocycles. The number of halogens is 4. The first kappa shape index (κ1) is 17.4. The van der Waals surface area contributed by atoms with Gasteiger partial charge in [-0.1, -0.05) is 12.1 Å². The van der Waals surface area contributed by atoms with E-state index >= 15 is 0 Å². The van der Waals surface area contributed by atoms with Crippen LogP contribution in [-0.4, -0.2) is 28.9 Å². The molecule has 0 radical (unpaired) electrons. The Morgan fingerprint density at radius 2 is 1.95 bits per heavy atom. The molecule has 0 amide bonds. The highest BCUT2D eigenvalue weighted by molar-refractivity contribution is 5.70. The van der Waals surface area contributed by atoms with Gasteiger partial charge in [-0.2, -0.15) is 13.2 Å². The molecule has 0 spiro atoms. The van der Waals surface area contributed by atoms with Gasteiger partial charge in [0.1, 0.15) is 11.9 Å². The van der Waals surface area contributed by atoms with Crippen LogP contribution in [0.4, 0.5) is 17.6 Å². The number of hydrogen-bond acceptors (Lipinski definition) is 4. The van der Waals surface area contributed by atoms with Gasteiger partial charge in [-0.3, -0.25) is 4.79 Å². The largest absolute Gasteiger partial charge is 0.466 e. The van der Waals surface area contributed by atoms with E-state index in [2.05, 4.69) is 4.74 Å². The van der Waals surface area contributed by atoms with Crippen molar-refractivity contribution in [2.45, 2.75) is 31.7 Å². The van der Waals surface area contributed by atoms with Gasteiger partial charge in [0.15, 0.2) is 0 Å². The quantitative estimate of drug-likeness (QED) is 0.646. The van der Waals surface area contributed by atoms with Crippen LogP contribution in [0.1, 0.15) is 30.6 Å². The van der Waals surface area contributed by atoms with Crippen molar-refractivity contribution in [3.63, 3.8) is 0 Å². The zero-order valence-electron chi connectivity index (χ0n) is 11.0. The third kappa shape index (κ3) is 4.40. The number of alkyl halides is 3. The first-order valence-electron chi connectivity index (χ1n) is 6.05. The number of aliphatic hydroxyl groups excluding tert-OH is 2. The van der Waals surface area contributed by atoms with Crippen LogP contribution in [0, 0.1) is 5.82 Å². The standard InChI is InChI=1S/C13H14F4O4/c1-2-21-10(19)6-9(18)12(20)7-4-3-5-8(14)11(7)13(15,16)17/h3-5,9,12,18,20H,2,6H2,1H3. The molecular weight excluding hydrogens is 296 g/mol. The molecule has 4 nitrogen and oxygen atoms in total. The van der Waals surface area contributed by atoms with Gasteiger partial charge in [0.05, 0.1) is 24.7 Å². The minimum atomic E-state index is -5.04. The SMILES string of the molecule is CCOC(=O)CC(O)C(O)c1cccc(F)c1C(F)(F)F. The number of aliphatic hydroxyl groups is 2. The van der Waals surface area contributed by atoms with Gasteiger partial charge in [0.2, 0.25) is 0 Å². The molecular formula is C13H14F4O4. The minimum absolute atomic E-state index is 0.0232. The molecule has 1 aromatic rings. The van der Waals surface area contributed by atoms with Crippen LogP contribution in [-0.2, 0) is 15.7 Å². The third-order valence-corrected chi connectivity index (χ3v) is 2.69. The summed E-state index contributed by atoms with van der Waals surface area (Å²) in [6, 6.07) is 2.40. The van der Waals surface area contributed by atoms with E-state index in [0.717, 1.165) is 12.1 Å². The zero-order chi connectivity index (χ0) is 16.2. The summed E-state index contributed by atoms with van der Waals surface area (Å²) in [5, 5.41) is 19.4. The molecule has 8 heteroatoms. The highest BCUT2D eigenvalue weighted by atomic mass is 19.4. The van der Waals surface area contributed by atoms with Crippen molar-refractivity contribution in [2.24, 2.45) is 0 Å². The number of carbonyl (C=O) groups is 1. The van der Waals surface area contributed by atoms with Crippen molar-refractivity contribution in [1.29, 1.82) is 0 Å². The number of carbonyl (C=O) groups excluding carboxylic acids is 1. The number of ether oxygens (including phenoxy) is 1. The van der Waals surface area contributed by atoms with Crippen LogP contribution in [0.5, 0.6) is 0 Å². The molecule has 2 unspecified atom stereocenters. The van der Waals surface area contributed by atoms with Crippen LogP contribution in [0.25, 0.3) is 0 Å². The number of hydrogen-bond donors (Lipinski definition) is 2. The normalized spacial score (nSPS) is 14.6. The molecule has 0 aliphatic carbocycles. The lowest BCUT2D eigenvalue weighted by Crippen LogP contribution is -2.26. The van der Waals surface area contributed by atoms with Crippen LogP contribution >= 0.6 is 0 Å². The van der Waals surface area contributed by atoms with Crippen LogP contribution in [0.3, 0.4) is 0 Å². The number of rotatable bonds is 5. The smallest absolute Gasteiger partial charge is 0.419 e. The van der Waals surface area contributed by atoms with Crippen molar-refractivity contribution in [2.75, 3.05) is 6.61 Å². The van der Waals surface area contributed by atoms with Crippen molar-refractivity contribution in [3.05, 3.63) is 35.1 Å². The van der Waals surface area contributed by atoms with Crippen molar-refractivity contribution >= 4 is 5.97 Å². The predicted octanol–water partition coefficient (Wildman–Crippen LogP) is 2.19. The Hall–Kier alpha value is -1.67. The number of esters is 1. The second kappa shape index (κ2) is 6.86. The van der Waals surface area contributed by atoms with Gasteiger partial charge >= 0.3 is 12.1 Å². The van der Waals surface area contributed by atoms with Crippen molar-refractivity contribution in [1.82, 2.24) is 0 Å². The third-order valence-electron chi connectivity index (χ3n) is 2.69. The predicted molar refractivity (Wildman–Crippen MR) is 63.6 cm³/mol. The fourth-order valence-corrected chi connectivity index (χ4v) is 1.80. The number of benzene rings is 1. The average Bonchev–Trinajstić information content (AvgIpc) is 2.36. The molecule has 2 atom stereocenters. The molecule has 0 saturated heterocycles. The first-order valence-corrected chi connectivity index (χ1v) is 6.05. The Balaban J connectivity index is 3.05. The summed E-state index contributed by atoms with van der Waals surface area (Å²) in [7, 11) is 0. The zero-order valence-corrected chi connectivity index (χ0v) is 11.0. The molecule has 21 heavy (non-hydrogen) atoms. The molecule has 0 fully saturated rings. The highest BCUT2D eigenvalue weighted by Gasteiger charge is 2.39. The Bertz CT molecular complexity index is 501. The maximum atomic E-state index is 13.3. The van der Waals surface area contributed by atoms with Gasteiger partial charge in [0, 0.05) is 0 Å². The molecule has 2 N–H and O–H groups in total. The summed E-state index contributed by atoms with van der Waals surface area (Å²) in [6.07, 6.45) is -9.65. The van der Waals surface area contributed by atoms with Crippen molar-refractivity contribution in [3.8, 4) is 0 Å². The Morgan fingerprint density at radius 1 is 1.33 bits per heavy atom. The summed E-state index contributed by atoms with van der Waals surface area (Å²) >= 11 is 0. The van der Waals surface area contributed by atoms with E-state index in [4.69, 9.17) is 0 Å². The van der Waals surface area contributed by atoms with Crippen LogP contribution < -0.4 is 0 Å². The lowest BCUT2D eigenvalue weighted by atomic mass is 9.96. The molecule has 118 valence electrons. The maximum absolute atomic E-state index is 13.3. The van der Waals surface area contributed by atoms with E-state index in [0.29, 0.717) is 6.07 Å². The van der Waals surface area contributed by atoms with E-state index in [-0.39, 0.29) is 6.61 Å². The summed E-state index contributed by atoms with van der Waals surface area (Å²) < 4.78 is 56.2. The molecule has 0 bridgehead atoms. The van der Waals surface area contributed by atoms with Gasteiger partial charge < -0.3 is 14.9 Å². The summed E-state index contributed by atoms with van der Waals surface area (Å²) in [5.41, 5.74) is -2.50. The van der Waals surface area contributed by atoms with Gasteiger partial charge in [-0.05, 0) is 18.6 Å².